The van der Waals surface area contributed by atoms with E-state index in [4.69, 9.17) is 9.47 Å². The zero-order chi connectivity index (χ0) is 20.2. The highest BCUT2D eigenvalue weighted by molar-refractivity contribution is 5.85. The standard InChI is InChI=1S/C20H17FN6O2/c1-28-15-5-3-4-14(9-15)27-20-16(11-25-27)19(22-12-23-20)26-24-10-13-6-7-18(29-2)17(21)8-13/h3-9,11-12H,10H2,1-2H3. The molecule has 0 unspecified atom stereocenters. The summed E-state index contributed by atoms with van der Waals surface area (Å²) in [5.41, 5.74) is 2.07. The second kappa shape index (κ2) is 8.01. The Morgan fingerprint density at radius 1 is 1.07 bits per heavy atom. The maximum absolute atomic E-state index is 13.8. The first kappa shape index (κ1) is 18.5. The minimum Gasteiger partial charge on any atom is -0.497 e. The zero-order valence-corrected chi connectivity index (χ0v) is 15.8. The van der Waals surface area contributed by atoms with Crippen LogP contribution >= 0.6 is 0 Å². The number of benzene rings is 2. The van der Waals surface area contributed by atoms with Crippen LogP contribution in [-0.2, 0) is 6.54 Å². The molecule has 0 N–H and O–H groups in total. The molecule has 0 saturated carbocycles. The van der Waals surface area contributed by atoms with Crippen molar-refractivity contribution in [3.05, 3.63) is 66.4 Å². The van der Waals surface area contributed by atoms with Crippen molar-refractivity contribution < 1.29 is 13.9 Å². The molecule has 0 atom stereocenters. The number of hydrogen-bond donors (Lipinski definition) is 0. The van der Waals surface area contributed by atoms with Gasteiger partial charge in [-0.15, -0.1) is 5.11 Å². The number of halogens is 1. The normalized spacial score (nSPS) is 11.3. The van der Waals surface area contributed by atoms with Gasteiger partial charge in [-0.25, -0.2) is 19.0 Å². The van der Waals surface area contributed by atoms with Gasteiger partial charge in [-0.05, 0) is 29.8 Å². The molecule has 2 heterocycles. The van der Waals surface area contributed by atoms with Gasteiger partial charge in [0, 0.05) is 6.07 Å². The van der Waals surface area contributed by atoms with Crippen molar-refractivity contribution in [2.24, 2.45) is 10.2 Å². The fourth-order valence-electron chi connectivity index (χ4n) is 2.83. The molecule has 0 aliphatic heterocycles. The highest BCUT2D eigenvalue weighted by Crippen LogP contribution is 2.25. The molecule has 0 aliphatic carbocycles. The van der Waals surface area contributed by atoms with E-state index in [1.807, 2.05) is 24.3 Å². The SMILES string of the molecule is COc1cccc(-n2ncc3c(N=NCc4ccc(OC)c(F)c4)ncnc32)c1. The summed E-state index contributed by atoms with van der Waals surface area (Å²) in [5.74, 6) is 0.849. The van der Waals surface area contributed by atoms with Crippen LogP contribution in [0.2, 0.25) is 0 Å². The number of ether oxygens (including phenoxy) is 2. The van der Waals surface area contributed by atoms with Gasteiger partial charge in [0.15, 0.2) is 23.0 Å². The predicted octanol–water partition coefficient (Wildman–Crippen LogP) is 4.26. The van der Waals surface area contributed by atoms with E-state index in [0.717, 1.165) is 5.69 Å². The molecule has 4 rings (SSSR count). The summed E-state index contributed by atoms with van der Waals surface area (Å²) in [5, 5.41) is 13.4. The van der Waals surface area contributed by atoms with Gasteiger partial charge in [0.25, 0.3) is 0 Å². The summed E-state index contributed by atoms with van der Waals surface area (Å²) in [4.78, 5) is 8.49. The van der Waals surface area contributed by atoms with E-state index in [-0.39, 0.29) is 12.3 Å². The second-order valence-corrected chi connectivity index (χ2v) is 6.06. The van der Waals surface area contributed by atoms with Crippen LogP contribution in [0.1, 0.15) is 5.56 Å². The minimum absolute atomic E-state index is 0.188. The first-order valence-electron chi connectivity index (χ1n) is 8.72. The van der Waals surface area contributed by atoms with Crippen molar-refractivity contribution in [2.45, 2.75) is 6.54 Å². The van der Waals surface area contributed by atoms with E-state index in [1.165, 1.54) is 19.5 Å². The number of methoxy groups -OCH3 is 2. The van der Waals surface area contributed by atoms with Crippen molar-refractivity contribution in [2.75, 3.05) is 14.2 Å². The van der Waals surface area contributed by atoms with Crippen molar-refractivity contribution in [1.82, 2.24) is 19.7 Å². The van der Waals surface area contributed by atoms with E-state index >= 15 is 0 Å². The van der Waals surface area contributed by atoms with Gasteiger partial charge in [-0.3, -0.25) is 0 Å². The lowest BCUT2D eigenvalue weighted by atomic mass is 10.2. The smallest absolute Gasteiger partial charge is 0.188 e. The number of hydrogen-bond acceptors (Lipinski definition) is 7. The fourth-order valence-corrected chi connectivity index (χ4v) is 2.83. The molecule has 2 aromatic carbocycles. The van der Waals surface area contributed by atoms with Gasteiger partial charge in [-0.2, -0.15) is 10.2 Å². The largest absolute Gasteiger partial charge is 0.497 e. The van der Waals surface area contributed by atoms with Gasteiger partial charge < -0.3 is 9.47 Å². The third-order valence-electron chi connectivity index (χ3n) is 4.28. The van der Waals surface area contributed by atoms with Crippen LogP contribution in [0.15, 0.2) is 65.2 Å². The van der Waals surface area contributed by atoms with Crippen LogP contribution < -0.4 is 9.47 Å². The van der Waals surface area contributed by atoms with E-state index < -0.39 is 5.82 Å². The predicted molar refractivity (Wildman–Crippen MR) is 104 cm³/mol. The van der Waals surface area contributed by atoms with Crippen LogP contribution in [0.4, 0.5) is 10.2 Å². The number of rotatable bonds is 6. The number of aromatic nitrogens is 4. The van der Waals surface area contributed by atoms with Crippen LogP contribution in [0, 0.1) is 5.82 Å². The van der Waals surface area contributed by atoms with Crippen LogP contribution in [0.25, 0.3) is 16.7 Å². The highest BCUT2D eigenvalue weighted by Gasteiger charge is 2.11. The Morgan fingerprint density at radius 3 is 2.76 bits per heavy atom. The summed E-state index contributed by atoms with van der Waals surface area (Å²) in [6, 6.07) is 12.1. The third-order valence-corrected chi connectivity index (χ3v) is 4.28. The fraction of sp³-hybridized carbons (Fsp3) is 0.150. The Labute approximate surface area is 165 Å². The van der Waals surface area contributed by atoms with E-state index in [2.05, 4.69) is 25.3 Å². The summed E-state index contributed by atoms with van der Waals surface area (Å²) in [7, 11) is 3.03. The average molecular weight is 392 g/mol. The topological polar surface area (TPSA) is 86.8 Å². The van der Waals surface area contributed by atoms with E-state index in [1.54, 1.807) is 30.1 Å². The van der Waals surface area contributed by atoms with E-state index in [0.29, 0.717) is 28.2 Å². The maximum atomic E-state index is 13.8. The van der Waals surface area contributed by atoms with Gasteiger partial charge in [0.05, 0.1) is 38.0 Å². The molecular weight excluding hydrogens is 375 g/mol. The molecule has 0 bridgehead atoms. The molecule has 2 aromatic heterocycles. The Morgan fingerprint density at radius 2 is 1.97 bits per heavy atom. The lowest BCUT2D eigenvalue weighted by molar-refractivity contribution is 0.386. The maximum Gasteiger partial charge on any atom is 0.188 e. The Bertz CT molecular complexity index is 1190. The second-order valence-electron chi connectivity index (χ2n) is 6.06. The molecule has 0 aliphatic rings. The zero-order valence-electron chi connectivity index (χ0n) is 15.8. The molecule has 0 spiro atoms. The molecular formula is C20H17FN6O2. The molecule has 8 nitrogen and oxygen atoms in total. The molecule has 4 aromatic rings. The Kier molecular flexibility index (Phi) is 5.10. The van der Waals surface area contributed by atoms with Crippen molar-refractivity contribution >= 4 is 16.9 Å². The van der Waals surface area contributed by atoms with Gasteiger partial charge >= 0.3 is 0 Å². The first-order valence-corrected chi connectivity index (χ1v) is 8.72. The third kappa shape index (κ3) is 3.75. The quantitative estimate of drug-likeness (QED) is 0.458. The molecule has 146 valence electrons. The average Bonchev–Trinajstić information content (AvgIpc) is 3.19. The minimum atomic E-state index is -0.441. The summed E-state index contributed by atoms with van der Waals surface area (Å²) >= 11 is 0. The molecule has 0 fully saturated rings. The molecule has 29 heavy (non-hydrogen) atoms. The molecule has 9 heteroatoms. The lowest BCUT2D eigenvalue weighted by Crippen LogP contribution is -1.98. The molecule has 0 saturated heterocycles. The van der Waals surface area contributed by atoms with Crippen molar-refractivity contribution in [3.63, 3.8) is 0 Å². The lowest BCUT2D eigenvalue weighted by Gasteiger charge is -2.05. The van der Waals surface area contributed by atoms with Gasteiger partial charge in [0.1, 0.15) is 12.1 Å². The summed E-state index contributed by atoms with van der Waals surface area (Å²) < 4.78 is 25.6. The van der Waals surface area contributed by atoms with E-state index in [9.17, 15) is 4.39 Å². The number of nitrogens with zero attached hydrogens (tertiary/aromatic N) is 6. The van der Waals surface area contributed by atoms with Crippen LogP contribution in [0.5, 0.6) is 11.5 Å². The van der Waals surface area contributed by atoms with Crippen molar-refractivity contribution in [1.29, 1.82) is 0 Å². The number of azo groups is 1. The number of fused-ring (bicyclic) bond motifs is 1. The Hall–Kier alpha value is -3.88. The molecule has 0 amide bonds. The van der Waals surface area contributed by atoms with Gasteiger partial charge in [-0.1, -0.05) is 12.1 Å². The van der Waals surface area contributed by atoms with Crippen LogP contribution in [-0.4, -0.2) is 34.0 Å². The monoisotopic (exact) mass is 392 g/mol. The summed E-state index contributed by atoms with van der Waals surface area (Å²) in [6.45, 7) is 0.205. The Balaban J connectivity index is 1.61. The van der Waals surface area contributed by atoms with Crippen molar-refractivity contribution in [3.8, 4) is 17.2 Å². The summed E-state index contributed by atoms with van der Waals surface area (Å²) in [6.07, 6.45) is 3.04. The van der Waals surface area contributed by atoms with Gasteiger partial charge in [0.2, 0.25) is 0 Å². The molecule has 0 radical (unpaired) electrons. The van der Waals surface area contributed by atoms with Crippen LogP contribution in [0.3, 0.4) is 0 Å². The highest BCUT2D eigenvalue weighted by atomic mass is 19.1. The first-order chi connectivity index (χ1) is 14.2.